The van der Waals surface area contributed by atoms with Crippen molar-refractivity contribution < 1.29 is 0 Å². The van der Waals surface area contributed by atoms with Crippen LogP contribution in [0.25, 0.3) is 22.5 Å². The molecule has 0 aliphatic carbocycles. The van der Waals surface area contributed by atoms with E-state index in [1.165, 1.54) is 11.8 Å². The van der Waals surface area contributed by atoms with Gasteiger partial charge in [0.25, 0.3) is 0 Å². The molecule has 29 heavy (non-hydrogen) atoms. The molecule has 0 amide bonds. The summed E-state index contributed by atoms with van der Waals surface area (Å²) in [5, 5.41) is 10.2. The third-order valence-corrected chi connectivity index (χ3v) is 6.53. The Hall–Kier alpha value is -1.73. The largest absolute Gasteiger partial charge is 0.219 e. The van der Waals surface area contributed by atoms with Crippen molar-refractivity contribution in [3.8, 4) is 22.5 Å². The summed E-state index contributed by atoms with van der Waals surface area (Å²) >= 11 is 14.8. The second-order valence-corrected chi connectivity index (χ2v) is 9.37. The summed E-state index contributed by atoms with van der Waals surface area (Å²) in [6, 6.07) is 23.8. The number of hydrogen-bond acceptors (Lipinski definition) is 4. The van der Waals surface area contributed by atoms with Crippen molar-refractivity contribution in [2.75, 3.05) is 0 Å². The Morgan fingerprint density at radius 3 is 1.93 bits per heavy atom. The van der Waals surface area contributed by atoms with Crippen molar-refractivity contribution in [1.29, 1.82) is 0 Å². The quantitative estimate of drug-likeness (QED) is 0.240. The van der Waals surface area contributed by atoms with Gasteiger partial charge in [0.2, 0.25) is 5.16 Å². The molecule has 4 aromatic rings. The van der Waals surface area contributed by atoms with Gasteiger partial charge in [-0.1, -0.05) is 97.7 Å². The molecule has 1 heterocycles. The zero-order valence-electron chi connectivity index (χ0n) is 15.0. The van der Waals surface area contributed by atoms with Gasteiger partial charge in [-0.3, -0.25) is 0 Å². The minimum absolute atomic E-state index is 0.615. The monoisotopic (exact) mass is 545 g/mol. The Morgan fingerprint density at radius 1 is 0.724 bits per heavy atom. The van der Waals surface area contributed by atoms with Crippen molar-refractivity contribution in [1.82, 2.24) is 15.2 Å². The fraction of sp³-hybridized carbons (Fsp3) is 0.0455. The van der Waals surface area contributed by atoms with Crippen LogP contribution in [0.15, 0.2) is 86.9 Å². The third-order valence-electron chi connectivity index (χ3n) is 4.22. The van der Waals surface area contributed by atoms with E-state index in [1.54, 1.807) is 0 Å². The molecule has 7 heteroatoms. The maximum Gasteiger partial charge on any atom is 0.210 e. The molecule has 0 saturated carbocycles. The van der Waals surface area contributed by atoms with E-state index in [-0.39, 0.29) is 0 Å². The number of benzene rings is 3. The van der Waals surface area contributed by atoms with E-state index in [9.17, 15) is 0 Å². The van der Waals surface area contributed by atoms with E-state index in [4.69, 9.17) is 16.6 Å². The molecule has 0 fully saturated rings. The van der Waals surface area contributed by atoms with Crippen LogP contribution in [0.3, 0.4) is 0 Å². The highest BCUT2D eigenvalue weighted by atomic mass is 79.9. The van der Waals surface area contributed by atoms with Gasteiger partial charge in [-0.25, -0.2) is 4.98 Å². The standard InChI is InChI=1S/C22H14Br2ClN3S/c23-17-9-5-14(6-10-17)20-21(15-7-11-18(24)12-8-15)27-28-22(26-20)29-13-16-3-1-2-4-19(16)25/h1-12H,13H2. The molecule has 0 bridgehead atoms. The number of halogens is 3. The molecule has 3 nitrogen and oxygen atoms in total. The molecule has 0 atom stereocenters. The smallest absolute Gasteiger partial charge is 0.210 e. The molecule has 4 rings (SSSR count). The van der Waals surface area contributed by atoms with Gasteiger partial charge in [-0.2, -0.15) is 0 Å². The van der Waals surface area contributed by atoms with E-state index >= 15 is 0 Å². The molecule has 0 radical (unpaired) electrons. The first-order valence-corrected chi connectivity index (χ1v) is 11.7. The SMILES string of the molecule is Clc1ccccc1CSc1nnc(-c2ccc(Br)cc2)c(-c2ccc(Br)cc2)n1. The number of hydrogen-bond donors (Lipinski definition) is 0. The van der Waals surface area contributed by atoms with Gasteiger partial charge in [-0.05, 0) is 35.9 Å². The van der Waals surface area contributed by atoms with Crippen LogP contribution in [0.5, 0.6) is 0 Å². The van der Waals surface area contributed by atoms with Crippen LogP contribution >= 0.6 is 55.2 Å². The summed E-state index contributed by atoms with van der Waals surface area (Å²) in [7, 11) is 0. The zero-order valence-corrected chi connectivity index (χ0v) is 19.8. The average Bonchev–Trinajstić information content (AvgIpc) is 2.74. The molecule has 0 aliphatic rings. The molecule has 0 unspecified atom stereocenters. The molecule has 0 spiro atoms. The van der Waals surface area contributed by atoms with Gasteiger partial charge in [0.05, 0.1) is 0 Å². The molecule has 0 N–H and O–H groups in total. The van der Waals surface area contributed by atoms with E-state index in [1.807, 2.05) is 72.8 Å². The molecule has 0 saturated heterocycles. The Labute approximate surface area is 195 Å². The fourth-order valence-electron chi connectivity index (χ4n) is 2.74. The summed E-state index contributed by atoms with van der Waals surface area (Å²) in [4.78, 5) is 4.84. The fourth-order valence-corrected chi connectivity index (χ4v) is 4.34. The van der Waals surface area contributed by atoms with Gasteiger partial charge >= 0.3 is 0 Å². The Kier molecular flexibility index (Phi) is 6.65. The maximum absolute atomic E-state index is 6.27. The number of thioether (sulfide) groups is 1. The molecular formula is C22H14Br2ClN3S. The maximum atomic E-state index is 6.27. The van der Waals surface area contributed by atoms with Crippen LogP contribution in [0.4, 0.5) is 0 Å². The summed E-state index contributed by atoms with van der Waals surface area (Å²) < 4.78 is 2.03. The Balaban J connectivity index is 1.71. The van der Waals surface area contributed by atoms with Crippen LogP contribution < -0.4 is 0 Å². The number of nitrogens with zero attached hydrogens (tertiary/aromatic N) is 3. The predicted octanol–water partition coefficient (Wildman–Crippen LogP) is 7.68. The highest BCUT2D eigenvalue weighted by molar-refractivity contribution is 9.10. The first-order valence-electron chi connectivity index (χ1n) is 8.73. The highest BCUT2D eigenvalue weighted by Gasteiger charge is 2.14. The molecular weight excluding hydrogens is 534 g/mol. The zero-order chi connectivity index (χ0) is 20.2. The summed E-state index contributed by atoms with van der Waals surface area (Å²) in [6.07, 6.45) is 0. The van der Waals surface area contributed by atoms with E-state index < -0.39 is 0 Å². The average molecular weight is 548 g/mol. The second kappa shape index (κ2) is 9.39. The van der Waals surface area contributed by atoms with Crippen LogP contribution in [-0.2, 0) is 5.75 Å². The van der Waals surface area contributed by atoms with E-state index in [0.29, 0.717) is 10.9 Å². The lowest BCUT2D eigenvalue weighted by atomic mass is 10.0. The minimum Gasteiger partial charge on any atom is -0.219 e. The lowest BCUT2D eigenvalue weighted by Crippen LogP contribution is -1.99. The van der Waals surface area contributed by atoms with Crippen LogP contribution in [0.1, 0.15) is 5.56 Å². The van der Waals surface area contributed by atoms with Gasteiger partial charge < -0.3 is 0 Å². The number of rotatable bonds is 5. The van der Waals surface area contributed by atoms with Crippen molar-refractivity contribution in [3.05, 3.63) is 92.3 Å². The summed E-state index contributed by atoms with van der Waals surface area (Å²) in [6.45, 7) is 0. The second-order valence-electron chi connectivity index (χ2n) is 6.19. The topological polar surface area (TPSA) is 38.7 Å². The first-order chi connectivity index (χ1) is 14.1. The lowest BCUT2D eigenvalue weighted by molar-refractivity contribution is 0.850. The van der Waals surface area contributed by atoms with Gasteiger partial charge in [0.15, 0.2) is 0 Å². The molecule has 0 aliphatic heterocycles. The van der Waals surface area contributed by atoms with E-state index in [2.05, 4.69) is 42.1 Å². The van der Waals surface area contributed by atoms with Gasteiger partial charge in [0, 0.05) is 30.8 Å². The normalized spacial score (nSPS) is 10.9. The van der Waals surface area contributed by atoms with Crippen LogP contribution in [0.2, 0.25) is 5.02 Å². The summed E-state index contributed by atoms with van der Waals surface area (Å²) in [5.74, 6) is 0.679. The van der Waals surface area contributed by atoms with Crippen molar-refractivity contribution >= 4 is 55.2 Å². The van der Waals surface area contributed by atoms with Crippen LogP contribution in [0, 0.1) is 0 Å². The minimum atomic E-state index is 0.615. The predicted molar refractivity (Wildman–Crippen MR) is 127 cm³/mol. The number of aromatic nitrogens is 3. The molecule has 3 aromatic carbocycles. The summed E-state index contributed by atoms with van der Waals surface area (Å²) in [5.41, 5.74) is 4.55. The van der Waals surface area contributed by atoms with Gasteiger partial charge in [-0.15, -0.1) is 10.2 Å². The molecule has 1 aromatic heterocycles. The van der Waals surface area contributed by atoms with Crippen LogP contribution in [-0.4, -0.2) is 15.2 Å². The lowest BCUT2D eigenvalue weighted by Gasteiger charge is -2.10. The van der Waals surface area contributed by atoms with Crippen molar-refractivity contribution in [2.45, 2.75) is 10.9 Å². The molecule has 144 valence electrons. The first kappa shape index (κ1) is 20.5. The Morgan fingerprint density at radius 2 is 1.31 bits per heavy atom. The van der Waals surface area contributed by atoms with Gasteiger partial charge in [0.1, 0.15) is 11.4 Å². The third kappa shape index (κ3) is 5.07. The van der Waals surface area contributed by atoms with E-state index in [0.717, 1.165) is 42.0 Å². The van der Waals surface area contributed by atoms with Crippen molar-refractivity contribution in [2.24, 2.45) is 0 Å². The highest BCUT2D eigenvalue weighted by Crippen LogP contribution is 2.32. The van der Waals surface area contributed by atoms with Crippen molar-refractivity contribution in [3.63, 3.8) is 0 Å². The Bertz CT molecular complexity index is 1140.